The maximum Gasteiger partial charge on any atom is 0.239 e. The third-order valence-corrected chi connectivity index (χ3v) is 5.75. The summed E-state index contributed by atoms with van der Waals surface area (Å²) in [5.41, 5.74) is -0.119. The van der Waals surface area contributed by atoms with Crippen molar-refractivity contribution in [2.24, 2.45) is 5.92 Å². The van der Waals surface area contributed by atoms with E-state index in [4.69, 9.17) is 0 Å². The zero-order valence-corrected chi connectivity index (χ0v) is 19.2. The van der Waals surface area contributed by atoms with Crippen molar-refractivity contribution in [1.29, 1.82) is 0 Å². The van der Waals surface area contributed by atoms with E-state index in [-0.39, 0.29) is 41.8 Å². The Balaban J connectivity index is 0.00000312. The fraction of sp³-hybridized carbons (Fsp3) is 0.947. The van der Waals surface area contributed by atoms with E-state index >= 15 is 0 Å². The molecule has 0 saturated carbocycles. The van der Waals surface area contributed by atoms with E-state index in [9.17, 15) is 4.79 Å². The zero-order valence-electron chi connectivity index (χ0n) is 17.6. The van der Waals surface area contributed by atoms with Gasteiger partial charge in [-0.25, -0.2) is 0 Å². The molecule has 7 heteroatoms. The molecule has 0 aromatic heterocycles. The molecule has 0 aromatic rings. The maximum absolute atomic E-state index is 12.2. The lowest BCUT2D eigenvalue weighted by Gasteiger charge is -2.49. The summed E-state index contributed by atoms with van der Waals surface area (Å²) in [7, 11) is 1.83. The Morgan fingerprint density at radius 1 is 1.15 bits per heavy atom. The highest BCUT2D eigenvalue weighted by Crippen LogP contribution is 2.33. The second kappa shape index (κ2) is 9.42. The van der Waals surface area contributed by atoms with Gasteiger partial charge in [-0.05, 0) is 80.3 Å². The smallest absolute Gasteiger partial charge is 0.239 e. The van der Waals surface area contributed by atoms with Crippen LogP contribution in [0.3, 0.4) is 0 Å². The number of carbonyl (C=O) groups is 1. The minimum atomic E-state index is -0.499. The summed E-state index contributed by atoms with van der Waals surface area (Å²) in [5.74, 6) is 0.662. The molecule has 3 N–H and O–H groups in total. The minimum absolute atomic E-state index is 0. The van der Waals surface area contributed by atoms with Crippen LogP contribution >= 0.6 is 24.8 Å². The van der Waals surface area contributed by atoms with E-state index in [1.807, 2.05) is 20.9 Å². The monoisotopic (exact) mass is 410 g/mol. The average Bonchev–Trinajstić information content (AvgIpc) is 2.90. The first-order valence-corrected chi connectivity index (χ1v) is 9.45. The van der Waals surface area contributed by atoms with Gasteiger partial charge in [0.2, 0.25) is 5.91 Å². The van der Waals surface area contributed by atoms with Crippen molar-refractivity contribution in [2.75, 3.05) is 26.7 Å². The van der Waals surface area contributed by atoms with Gasteiger partial charge in [-0.2, -0.15) is 0 Å². The summed E-state index contributed by atoms with van der Waals surface area (Å²) in [4.78, 5) is 14.9. The normalized spacial score (nSPS) is 25.9. The van der Waals surface area contributed by atoms with Crippen LogP contribution in [-0.2, 0) is 4.79 Å². The molecule has 2 aliphatic rings. The number of hydrogen-bond acceptors (Lipinski definition) is 4. The average molecular weight is 411 g/mol. The van der Waals surface area contributed by atoms with E-state index in [2.05, 4.69) is 48.5 Å². The van der Waals surface area contributed by atoms with Crippen LogP contribution in [0.5, 0.6) is 0 Å². The van der Waals surface area contributed by atoms with Crippen LogP contribution in [-0.4, -0.2) is 60.1 Å². The number of likely N-dealkylation sites (tertiary alicyclic amines) is 1. The van der Waals surface area contributed by atoms with Crippen LogP contribution in [0.15, 0.2) is 0 Å². The fourth-order valence-corrected chi connectivity index (χ4v) is 4.46. The van der Waals surface area contributed by atoms with Gasteiger partial charge in [0, 0.05) is 30.2 Å². The molecule has 0 spiro atoms. The number of likely N-dealkylation sites (N-methyl/N-ethyl adjacent to an activating group) is 1. The molecule has 0 bridgehead atoms. The van der Waals surface area contributed by atoms with Gasteiger partial charge in [0.15, 0.2) is 0 Å². The maximum atomic E-state index is 12.2. The number of carbonyl (C=O) groups excluding carboxylic acids is 1. The first-order valence-electron chi connectivity index (χ1n) is 9.45. The molecule has 5 nitrogen and oxygen atoms in total. The van der Waals surface area contributed by atoms with Crippen LogP contribution < -0.4 is 16.0 Å². The van der Waals surface area contributed by atoms with Crippen molar-refractivity contribution >= 4 is 30.7 Å². The molecular formula is C19H40Cl2N4O. The molecule has 2 fully saturated rings. The number of halogens is 2. The van der Waals surface area contributed by atoms with Crippen LogP contribution in [0.2, 0.25) is 0 Å². The number of hydrogen-bond donors (Lipinski definition) is 3. The van der Waals surface area contributed by atoms with Crippen molar-refractivity contribution in [1.82, 2.24) is 20.9 Å². The van der Waals surface area contributed by atoms with Crippen molar-refractivity contribution in [3.05, 3.63) is 0 Å². The number of rotatable bonds is 5. The Bertz CT molecular complexity index is 452. The standard InChI is InChI=1S/C19H38N4O.2ClH/c1-17(2)10-15(11-18(3,4)22-17)23-9-8-14(13-23)12-21-16(24)19(5,6)20-7;;/h14-15,20,22H,8-13H2,1-7H3,(H,21,24);2*1H. The molecular weight excluding hydrogens is 371 g/mol. The lowest BCUT2D eigenvalue weighted by molar-refractivity contribution is -0.126. The third kappa shape index (κ3) is 6.83. The fourth-order valence-electron chi connectivity index (χ4n) is 4.46. The van der Waals surface area contributed by atoms with Gasteiger partial charge in [-0.15, -0.1) is 24.8 Å². The van der Waals surface area contributed by atoms with Gasteiger partial charge in [-0.1, -0.05) is 0 Å². The third-order valence-electron chi connectivity index (χ3n) is 5.75. The molecule has 26 heavy (non-hydrogen) atoms. The molecule has 1 amide bonds. The SMILES string of the molecule is CNC(C)(C)C(=O)NCC1CCN(C2CC(C)(C)NC(C)(C)C2)C1.Cl.Cl. The molecule has 1 unspecified atom stereocenters. The number of amides is 1. The summed E-state index contributed by atoms with van der Waals surface area (Å²) in [6, 6.07) is 0.644. The Morgan fingerprint density at radius 3 is 2.19 bits per heavy atom. The number of piperidine rings is 1. The predicted molar refractivity (Wildman–Crippen MR) is 115 cm³/mol. The number of nitrogens with one attached hydrogen (secondary N) is 3. The second-order valence-electron chi connectivity index (χ2n) is 9.69. The lowest BCUT2D eigenvalue weighted by Crippen LogP contribution is -2.62. The second-order valence-corrected chi connectivity index (χ2v) is 9.69. The first kappa shape index (κ1) is 25.9. The van der Waals surface area contributed by atoms with E-state index in [0.717, 1.165) is 19.6 Å². The summed E-state index contributed by atoms with van der Waals surface area (Å²) in [5, 5.41) is 9.97. The van der Waals surface area contributed by atoms with E-state index in [0.29, 0.717) is 12.0 Å². The van der Waals surface area contributed by atoms with Gasteiger partial charge in [0.1, 0.15) is 0 Å². The Labute approximate surface area is 172 Å². The van der Waals surface area contributed by atoms with Gasteiger partial charge < -0.3 is 16.0 Å². The van der Waals surface area contributed by atoms with Gasteiger partial charge >= 0.3 is 0 Å². The summed E-state index contributed by atoms with van der Waals surface area (Å²) in [6.07, 6.45) is 3.58. The van der Waals surface area contributed by atoms with Crippen molar-refractivity contribution in [2.45, 2.75) is 83.5 Å². The molecule has 2 rings (SSSR count). The topological polar surface area (TPSA) is 56.4 Å². The Kier molecular flexibility index (Phi) is 9.39. The van der Waals surface area contributed by atoms with Gasteiger partial charge in [-0.3, -0.25) is 9.69 Å². The van der Waals surface area contributed by atoms with Crippen LogP contribution in [0.1, 0.15) is 60.8 Å². The lowest BCUT2D eigenvalue weighted by atomic mass is 9.79. The predicted octanol–water partition coefficient (Wildman–Crippen LogP) is 2.58. The Morgan fingerprint density at radius 2 is 1.69 bits per heavy atom. The van der Waals surface area contributed by atoms with Crippen LogP contribution in [0.25, 0.3) is 0 Å². The van der Waals surface area contributed by atoms with Crippen molar-refractivity contribution < 1.29 is 4.79 Å². The quantitative estimate of drug-likeness (QED) is 0.651. The molecule has 2 aliphatic heterocycles. The van der Waals surface area contributed by atoms with Gasteiger partial charge in [0.05, 0.1) is 5.54 Å². The largest absolute Gasteiger partial charge is 0.354 e. The summed E-state index contributed by atoms with van der Waals surface area (Å²) < 4.78 is 0. The zero-order chi connectivity index (χ0) is 18.2. The molecule has 2 saturated heterocycles. The molecule has 0 radical (unpaired) electrons. The molecule has 0 aromatic carbocycles. The van der Waals surface area contributed by atoms with Crippen molar-refractivity contribution in [3.8, 4) is 0 Å². The van der Waals surface area contributed by atoms with Crippen LogP contribution in [0.4, 0.5) is 0 Å². The molecule has 2 heterocycles. The van der Waals surface area contributed by atoms with E-state index < -0.39 is 5.54 Å². The highest BCUT2D eigenvalue weighted by Gasteiger charge is 2.41. The minimum Gasteiger partial charge on any atom is -0.354 e. The van der Waals surface area contributed by atoms with Crippen molar-refractivity contribution in [3.63, 3.8) is 0 Å². The number of nitrogens with zero attached hydrogens (tertiary/aromatic N) is 1. The van der Waals surface area contributed by atoms with E-state index in [1.165, 1.54) is 19.3 Å². The molecule has 1 atom stereocenters. The van der Waals surface area contributed by atoms with Gasteiger partial charge in [0.25, 0.3) is 0 Å². The van der Waals surface area contributed by atoms with E-state index in [1.54, 1.807) is 0 Å². The Hall–Kier alpha value is -0.0700. The molecule has 156 valence electrons. The van der Waals surface area contributed by atoms with Crippen LogP contribution in [0, 0.1) is 5.92 Å². The summed E-state index contributed by atoms with van der Waals surface area (Å²) in [6.45, 7) is 16.2. The molecule has 0 aliphatic carbocycles. The first-order chi connectivity index (χ1) is 10.9. The highest BCUT2D eigenvalue weighted by atomic mass is 35.5. The summed E-state index contributed by atoms with van der Waals surface area (Å²) >= 11 is 0. The highest BCUT2D eigenvalue weighted by molar-refractivity contribution is 5.86.